The number of hydrogen-bond acceptors (Lipinski definition) is 2. The van der Waals surface area contributed by atoms with Crippen LogP contribution in [0.1, 0.15) is 25.3 Å². The molecule has 3 heteroatoms. The summed E-state index contributed by atoms with van der Waals surface area (Å²) in [7, 11) is 0. The highest BCUT2D eigenvalue weighted by molar-refractivity contribution is 5.71. The van der Waals surface area contributed by atoms with Crippen LogP contribution in [0.5, 0.6) is 0 Å². The largest absolute Gasteiger partial charge is 0.481 e. The molecule has 0 amide bonds. The first kappa shape index (κ1) is 15.8. The van der Waals surface area contributed by atoms with Crippen LogP contribution in [0.15, 0.2) is 54.6 Å². The predicted molar refractivity (Wildman–Crippen MR) is 92.1 cm³/mol. The number of piperidine rings is 1. The van der Waals surface area contributed by atoms with Gasteiger partial charge in [-0.3, -0.25) is 9.69 Å². The van der Waals surface area contributed by atoms with Gasteiger partial charge in [0.15, 0.2) is 0 Å². The second kappa shape index (κ2) is 6.97. The summed E-state index contributed by atoms with van der Waals surface area (Å²) < 4.78 is 0. The van der Waals surface area contributed by atoms with Crippen molar-refractivity contribution in [3.05, 3.63) is 60.2 Å². The van der Waals surface area contributed by atoms with Gasteiger partial charge in [-0.05, 0) is 43.0 Å². The summed E-state index contributed by atoms with van der Waals surface area (Å²) in [5.74, 6) is -0.908. The van der Waals surface area contributed by atoms with Crippen LogP contribution in [0.25, 0.3) is 11.1 Å². The Morgan fingerprint density at radius 3 is 2.39 bits per heavy atom. The summed E-state index contributed by atoms with van der Waals surface area (Å²) in [5, 5.41) is 9.33. The Labute approximate surface area is 137 Å². The lowest BCUT2D eigenvalue weighted by atomic mass is 9.90. The molecule has 23 heavy (non-hydrogen) atoms. The minimum atomic E-state index is -0.665. The molecule has 1 aliphatic rings. The van der Waals surface area contributed by atoms with Gasteiger partial charge in [-0.1, -0.05) is 54.6 Å². The third-order valence-corrected chi connectivity index (χ3v) is 4.88. The van der Waals surface area contributed by atoms with Crippen LogP contribution >= 0.6 is 0 Å². The van der Waals surface area contributed by atoms with Crippen LogP contribution in [0.2, 0.25) is 0 Å². The number of aliphatic carboxylic acids is 1. The summed E-state index contributed by atoms with van der Waals surface area (Å²) in [6, 6.07) is 19.0. The molecule has 0 unspecified atom stereocenters. The average molecular weight is 309 g/mol. The molecular weight excluding hydrogens is 286 g/mol. The van der Waals surface area contributed by atoms with Gasteiger partial charge in [0.1, 0.15) is 0 Å². The number of likely N-dealkylation sites (tertiary alicyclic amines) is 1. The number of rotatable bonds is 4. The Kier molecular flexibility index (Phi) is 4.77. The van der Waals surface area contributed by atoms with Crippen molar-refractivity contribution in [1.82, 2.24) is 4.90 Å². The highest BCUT2D eigenvalue weighted by Gasteiger charge is 2.32. The van der Waals surface area contributed by atoms with Gasteiger partial charge in [0.05, 0.1) is 5.92 Å². The monoisotopic (exact) mass is 309 g/mol. The first-order chi connectivity index (χ1) is 11.1. The molecule has 3 nitrogen and oxygen atoms in total. The summed E-state index contributed by atoms with van der Waals surface area (Å²) in [4.78, 5) is 13.6. The van der Waals surface area contributed by atoms with Gasteiger partial charge >= 0.3 is 5.97 Å². The van der Waals surface area contributed by atoms with Gasteiger partial charge in [0.2, 0.25) is 0 Å². The van der Waals surface area contributed by atoms with Crippen LogP contribution in [0.4, 0.5) is 0 Å². The van der Waals surface area contributed by atoms with Crippen molar-refractivity contribution in [2.24, 2.45) is 5.92 Å². The molecule has 0 aliphatic carbocycles. The van der Waals surface area contributed by atoms with Crippen LogP contribution in [0, 0.1) is 5.92 Å². The summed E-state index contributed by atoms with van der Waals surface area (Å²) in [6.07, 6.45) is 1.75. The number of hydrogen-bond donors (Lipinski definition) is 1. The molecule has 0 spiro atoms. The fourth-order valence-corrected chi connectivity index (χ4v) is 3.43. The SMILES string of the molecule is C[C@@H]1[C@H](C(=O)O)CCCN1Cc1ccc(-c2ccccc2)cc1. The molecule has 1 saturated heterocycles. The van der Waals surface area contributed by atoms with Crippen molar-refractivity contribution >= 4 is 5.97 Å². The van der Waals surface area contributed by atoms with E-state index in [0.29, 0.717) is 0 Å². The lowest BCUT2D eigenvalue weighted by Crippen LogP contribution is -2.45. The minimum Gasteiger partial charge on any atom is -0.481 e. The van der Waals surface area contributed by atoms with Crippen molar-refractivity contribution in [3.8, 4) is 11.1 Å². The summed E-state index contributed by atoms with van der Waals surface area (Å²) >= 11 is 0. The lowest BCUT2D eigenvalue weighted by molar-refractivity contribution is -0.145. The maximum absolute atomic E-state index is 11.3. The van der Waals surface area contributed by atoms with E-state index in [1.807, 2.05) is 25.1 Å². The van der Waals surface area contributed by atoms with E-state index in [-0.39, 0.29) is 12.0 Å². The molecule has 1 fully saturated rings. The van der Waals surface area contributed by atoms with Crippen molar-refractivity contribution in [1.29, 1.82) is 0 Å². The van der Waals surface area contributed by atoms with E-state index in [0.717, 1.165) is 25.9 Å². The molecule has 1 N–H and O–H groups in total. The first-order valence-corrected chi connectivity index (χ1v) is 8.26. The predicted octanol–water partition coefficient (Wildman–Crippen LogP) is 4.04. The maximum atomic E-state index is 11.3. The average Bonchev–Trinajstić information content (AvgIpc) is 2.58. The zero-order valence-corrected chi connectivity index (χ0v) is 13.5. The maximum Gasteiger partial charge on any atom is 0.308 e. The lowest BCUT2D eigenvalue weighted by Gasteiger charge is -2.37. The highest BCUT2D eigenvalue weighted by Crippen LogP contribution is 2.26. The van der Waals surface area contributed by atoms with Crippen LogP contribution in [-0.2, 0) is 11.3 Å². The Morgan fingerprint density at radius 2 is 1.74 bits per heavy atom. The Balaban J connectivity index is 1.70. The van der Waals surface area contributed by atoms with Crippen molar-refractivity contribution in [2.75, 3.05) is 6.54 Å². The van der Waals surface area contributed by atoms with Gasteiger partial charge in [0, 0.05) is 12.6 Å². The molecule has 2 aromatic carbocycles. The third-order valence-electron chi connectivity index (χ3n) is 4.88. The van der Waals surface area contributed by atoms with Gasteiger partial charge in [0.25, 0.3) is 0 Å². The normalized spacial score (nSPS) is 22.0. The van der Waals surface area contributed by atoms with E-state index in [9.17, 15) is 9.90 Å². The fraction of sp³-hybridized carbons (Fsp3) is 0.350. The molecule has 0 radical (unpaired) electrons. The summed E-state index contributed by atoms with van der Waals surface area (Å²) in [6.45, 7) is 3.84. The second-order valence-electron chi connectivity index (χ2n) is 6.36. The smallest absolute Gasteiger partial charge is 0.308 e. The topological polar surface area (TPSA) is 40.5 Å². The molecule has 1 aliphatic heterocycles. The Bertz CT molecular complexity index is 651. The van der Waals surface area contributed by atoms with E-state index in [2.05, 4.69) is 41.3 Å². The molecule has 2 aromatic rings. The number of carboxylic acid groups (broad SMARTS) is 1. The van der Waals surface area contributed by atoms with Gasteiger partial charge in [-0.15, -0.1) is 0 Å². The minimum absolute atomic E-state index is 0.0926. The van der Waals surface area contributed by atoms with Gasteiger partial charge in [-0.25, -0.2) is 0 Å². The van der Waals surface area contributed by atoms with E-state index in [1.54, 1.807) is 0 Å². The quantitative estimate of drug-likeness (QED) is 0.926. The molecule has 3 rings (SSSR count). The first-order valence-electron chi connectivity index (χ1n) is 8.26. The molecule has 0 bridgehead atoms. The Hall–Kier alpha value is -2.13. The van der Waals surface area contributed by atoms with E-state index < -0.39 is 5.97 Å². The van der Waals surface area contributed by atoms with Gasteiger partial charge < -0.3 is 5.11 Å². The summed E-state index contributed by atoms with van der Waals surface area (Å²) in [5.41, 5.74) is 3.67. The number of carbonyl (C=O) groups is 1. The zero-order chi connectivity index (χ0) is 16.2. The molecule has 2 atom stereocenters. The highest BCUT2D eigenvalue weighted by atomic mass is 16.4. The third kappa shape index (κ3) is 3.62. The molecule has 1 heterocycles. The van der Waals surface area contributed by atoms with Crippen LogP contribution < -0.4 is 0 Å². The zero-order valence-electron chi connectivity index (χ0n) is 13.5. The van der Waals surface area contributed by atoms with E-state index in [1.165, 1.54) is 16.7 Å². The fourth-order valence-electron chi connectivity index (χ4n) is 3.43. The number of nitrogens with zero attached hydrogens (tertiary/aromatic N) is 1. The Morgan fingerprint density at radius 1 is 1.09 bits per heavy atom. The van der Waals surface area contributed by atoms with Crippen molar-refractivity contribution in [2.45, 2.75) is 32.4 Å². The van der Waals surface area contributed by atoms with Crippen molar-refractivity contribution < 1.29 is 9.90 Å². The number of carboxylic acids is 1. The molecular formula is C20H23NO2. The van der Waals surface area contributed by atoms with Gasteiger partial charge in [-0.2, -0.15) is 0 Å². The standard InChI is InChI=1S/C20H23NO2/c1-15-19(20(22)23)8-5-13-21(15)14-16-9-11-18(12-10-16)17-6-3-2-4-7-17/h2-4,6-7,9-12,15,19H,5,8,13-14H2,1H3,(H,22,23)/t15-,19-/m1/s1. The molecule has 0 saturated carbocycles. The van der Waals surface area contributed by atoms with Crippen molar-refractivity contribution in [3.63, 3.8) is 0 Å². The molecule has 120 valence electrons. The molecule has 0 aromatic heterocycles. The van der Waals surface area contributed by atoms with E-state index >= 15 is 0 Å². The second-order valence-corrected chi connectivity index (χ2v) is 6.36. The van der Waals surface area contributed by atoms with Crippen LogP contribution in [0.3, 0.4) is 0 Å². The van der Waals surface area contributed by atoms with E-state index in [4.69, 9.17) is 0 Å². The number of benzene rings is 2. The van der Waals surface area contributed by atoms with Crippen LogP contribution in [-0.4, -0.2) is 28.6 Å².